The molecule has 0 aromatic heterocycles. The predicted molar refractivity (Wildman–Crippen MR) is 64.6 cm³/mol. The van der Waals surface area contributed by atoms with Gasteiger partial charge in [0.05, 0.1) is 11.6 Å². The predicted octanol–water partition coefficient (Wildman–Crippen LogP) is 3.24. The Morgan fingerprint density at radius 2 is 2.20 bits per heavy atom. The van der Waals surface area contributed by atoms with Gasteiger partial charge in [0.15, 0.2) is 0 Å². The first-order valence-electron chi connectivity index (χ1n) is 5.34. The van der Waals surface area contributed by atoms with E-state index in [1.54, 1.807) is 0 Å². The number of nitrogens with one attached hydrogen (secondary N) is 1. The van der Waals surface area contributed by atoms with E-state index in [0.29, 0.717) is 5.02 Å². The molecule has 0 saturated carbocycles. The average Bonchev–Trinajstić information content (AvgIpc) is 2.23. The Hall–Kier alpha value is -0.730. The van der Waals surface area contributed by atoms with Crippen molar-refractivity contribution in [2.24, 2.45) is 0 Å². The number of rotatable bonds is 6. The molecule has 0 amide bonds. The Kier molecular flexibility index (Phi) is 5.51. The van der Waals surface area contributed by atoms with Gasteiger partial charge in [0.1, 0.15) is 5.75 Å². The third-order valence-corrected chi connectivity index (χ3v) is 2.46. The molecule has 0 bridgehead atoms. The van der Waals surface area contributed by atoms with E-state index in [4.69, 9.17) is 16.3 Å². The molecule has 0 aliphatic heterocycles. The Labute approximate surface area is 96.6 Å². The molecule has 2 nitrogen and oxygen atoms in total. The fourth-order valence-electron chi connectivity index (χ4n) is 1.36. The third kappa shape index (κ3) is 3.73. The number of para-hydroxylation sites is 1. The second-order valence-electron chi connectivity index (χ2n) is 3.46. The van der Waals surface area contributed by atoms with Crippen molar-refractivity contribution in [3.63, 3.8) is 0 Å². The summed E-state index contributed by atoms with van der Waals surface area (Å²) in [4.78, 5) is 0. The van der Waals surface area contributed by atoms with Crippen LogP contribution < -0.4 is 10.1 Å². The van der Waals surface area contributed by atoms with E-state index in [-0.39, 0.29) is 0 Å². The molecule has 1 aromatic carbocycles. The van der Waals surface area contributed by atoms with Crippen LogP contribution in [0.5, 0.6) is 5.75 Å². The molecule has 0 aliphatic carbocycles. The Morgan fingerprint density at radius 3 is 2.87 bits per heavy atom. The highest BCUT2D eigenvalue weighted by Crippen LogP contribution is 2.28. The van der Waals surface area contributed by atoms with Crippen LogP contribution in [0.3, 0.4) is 0 Å². The van der Waals surface area contributed by atoms with E-state index in [0.717, 1.165) is 37.3 Å². The molecule has 3 heteroatoms. The number of unbranched alkanes of at least 4 members (excludes halogenated alkanes) is 1. The van der Waals surface area contributed by atoms with Gasteiger partial charge >= 0.3 is 0 Å². The summed E-state index contributed by atoms with van der Waals surface area (Å²) >= 11 is 6.09. The minimum absolute atomic E-state index is 0.693. The molecule has 0 aliphatic rings. The van der Waals surface area contributed by atoms with Gasteiger partial charge in [-0.15, -0.1) is 0 Å². The van der Waals surface area contributed by atoms with Crippen LogP contribution in [-0.2, 0) is 6.54 Å². The van der Waals surface area contributed by atoms with Crippen LogP contribution in [0.4, 0.5) is 0 Å². The fraction of sp³-hybridized carbons (Fsp3) is 0.500. The second kappa shape index (κ2) is 6.70. The third-order valence-electron chi connectivity index (χ3n) is 2.16. The van der Waals surface area contributed by atoms with E-state index >= 15 is 0 Å². The van der Waals surface area contributed by atoms with Crippen molar-refractivity contribution in [1.82, 2.24) is 5.32 Å². The lowest BCUT2D eigenvalue weighted by Crippen LogP contribution is -2.08. The zero-order valence-corrected chi connectivity index (χ0v) is 10.1. The van der Waals surface area contributed by atoms with Gasteiger partial charge in [0, 0.05) is 12.1 Å². The second-order valence-corrected chi connectivity index (χ2v) is 3.87. The summed E-state index contributed by atoms with van der Waals surface area (Å²) in [5.41, 5.74) is 1.11. The first-order chi connectivity index (χ1) is 7.29. The fourth-order valence-corrected chi connectivity index (χ4v) is 1.61. The van der Waals surface area contributed by atoms with Gasteiger partial charge in [-0.2, -0.15) is 0 Å². The summed E-state index contributed by atoms with van der Waals surface area (Å²) < 4.78 is 5.69. The van der Waals surface area contributed by atoms with Gasteiger partial charge in [-0.1, -0.05) is 37.1 Å². The highest BCUT2D eigenvalue weighted by molar-refractivity contribution is 6.32. The van der Waals surface area contributed by atoms with E-state index < -0.39 is 0 Å². The molecule has 0 unspecified atom stereocenters. The van der Waals surface area contributed by atoms with Gasteiger partial charge in [-0.25, -0.2) is 0 Å². The van der Waals surface area contributed by atoms with E-state index in [1.807, 2.05) is 25.2 Å². The van der Waals surface area contributed by atoms with Crippen molar-refractivity contribution in [3.8, 4) is 5.75 Å². The van der Waals surface area contributed by atoms with Gasteiger partial charge in [0.25, 0.3) is 0 Å². The molecule has 0 heterocycles. The van der Waals surface area contributed by atoms with Crippen LogP contribution in [-0.4, -0.2) is 13.7 Å². The van der Waals surface area contributed by atoms with E-state index in [2.05, 4.69) is 12.2 Å². The van der Waals surface area contributed by atoms with E-state index in [9.17, 15) is 0 Å². The number of benzene rings is 1. The monoisotopic (exact) mass is 227 g/mol. The SMILES string of the molecule is CCCCOc1c(Cl)cccc1CNC. The first kappa shape index (κ1) is 12.3. The summed E-state index contributed by atoms with van der Waals surface area (Å²) in [6, 6.07) is 5.84. The minimum atomic E-state index is 0.693. The number of halogens is 1. The van der Waals surface area contributed by atoms with Crippen molar-refractivity contribution < 1.29 is 4.74 Å². The molecule has 0 radical (unpaired) electrons. The zero-order valence-electron chi connectivity index (χ0n) is 9.35. The molecule has 1 aromatic rings. The van der Waals surface area contributed by atoms with Crippen LogP contribution in [0, 0.1) is 0 Å². The van der Waals surface area contributed by atoms with Crippen molar-refractivity contribution in [2.45, 2.75) is 26.3 Å². The maximum absolute atomic E-state index is 6.09. The molecule has 15 heavy (non-hydrogen) atoms. The lowest BCUT2D eigenvalue weighted by atomic mass is 10.2. The summed E-state index contributed by atoms with van der Waals surface area (Å²) in [5.74, 6) is 0.821. The number of hydrogen-bond acceptors (Lipinski definition) is 2. The van der Waals surface area contributed by atoms with Gasteiger partial charge in [0.2, 0.25) is 0 Å². The molecule has 0 spiro atoms. The lowest BCUT2D eigenvalue weighted by molar-refractivity contribution is 0.306. The maximum atomic E-state index is 6.09. The molecular weight excluding hydrogens is 210 g/mol. The molecule has 0 fully saturated rings. The molecular formula is C12H18ClNO. The van der Waals surface area contributed by atoms with Gasteiger partial charge in [-0.05, 0) is 19.5 Å². The normalized spacial score (nSPS) is 10.3. The number of hydrogen-bond donors (Lipinski definition) is 1. The lowest BCUT2D eigenvalue weighted by Gasteiger charge is -2.12. The summed E-state index contributed by atoms with van der Waals surface area (Å²) in [6.07, 6.45) is 2.19. The summed E-state index contributed by atoms with van der Waals surface area (Å²) in [6.45, 7) is 3.66. The first-order valence-corrected chi connectivity index (χ1v) is 5.72. The molecule has 1 N–H and O–H groups in total. The van der Waals surface area contributed by atoms with Crippen molar-refractivity contribution in [2.75, 3.05) is 13.7 Å². The van der Waals surface area contributed by atoms with Gasteiger partial charge in [-0.3, -0.25) is 0 Å². The average molecular weight is 228 g/mol. The van der Waals surface area contributed by atoms with Gasteiger partial charge < -0.3 is 10.1 Å². The molecule has 0 saturated heterocycles. The van der Waals surface area contributed by atoms with Crippen LogP contribution in [0.2, 0.25) is 5.02 Å². The summed E-state index contributed by atoms with van der Waals surface area (Å²) in [5, 5.41) is 3.80. The number of ether oxygens (including phenoxy) is 1. The quantitative estimate of drug-likeness (QED) is 0.754. The zero-order chi connectivity index (χ0) is 11.1. The summed E-state index contributed by atoms with van der Waals surface area (Å²) in [7, 11) is 1.91. The maximum Gasteiger partial charge on any atom is 0.142 e. The van der Waals surface area contributed by atoms with Crippen LogP contribution in [0.15, 0.2) is 18.2 Å². The standard InChI is InChI=1S/C12H18ClNO/c1-3-4-8-15-12-10(9-14-2)6-5-7-11(12)13/h5-7,14H,3-4,8-9H2,1-2H3. The smallest absolute Gasteiger partial charge is 0.142 e. The molecule has 1 rings (SSSR count). The highest BCUT2D eigenvalue weighted by Gasteiger charge is 2.06. The molecule has 0 atom stereocenters. The minimum Gasteiger partial charge on any atom is -0.492 e. The Bertz CT molecular complexity index is 302. The van der Waals surface area contributed by atoms with Crippen molar-refractivity contribution in [1.29, 1.82) is 0 Å². The Balaban J connectivity index is 2.72. The van der Waals surface area contributed by atoms with Crippen molar-refractivity contribution >= 4 is 11.6 Å². The largest absolute Gasteiger partial charge is 0.492 e. The topological polar surface area (TPSA) is 21.3 Å². The van der Waals surface area contributed by atoms with Crippen molar-refractivity contribution in [3.05, 3.63) is 28.8 Å². The van der Waals surface area contributed by atoms with E-state index in [1.165, 1.54) is 0 Å². The van der Waals surface area contributed by atoms with Crippen LogP contribution in [0.1, 0.15) is 25.3 Å². The molecule has 84 valence electrons. The highest BCUT2D eigenvalue weighted by atomic mass is 35.5. The van der Waals surface area contributed by atoms with Crippen LogP contribution in [0.25, 0.3) is 0 Å². The Morgan fingerprint density at radius 1 is 1.40 bits per heavy atom. The van der Waals surface area contributed by atoms with Crippen LogP contribution >= 0.6 is 11.6 Å².